The normalized spacial score (nSPS) is 11.2. The standard InChI is InChI=1S/C19H33N/c1-18(2)13-9-6-4-3-5-7-12-16-20-17-19-14-10-8-11-15-19/h8,10-11,14-15,18,20H,3-7,9,12-13,16-17H2,1-2H3. The Bertz CT molecular complexity index is 305. The third-order valence-electron chi connectivity index (χ3n) is 3.81. The monoisotopic (exact) mass is 275 g/mol. The minimum Gasteiger partial charge on any atom is -0.313 e. The van der Waals surface area contributed by atoms with Crippen LogP contribution in [0.2, 0.25) is 0 Å². The smallest absolute Gasteiger partial charge is 0.0205 e. The van der Waals surface area contributed by atoms with E-state index in [2.05, 4.69) is 49.5 Å². The Morgan fingerprint density at radius 3 is 2.05 bits per heavy atom. The van der Waals surface area contributed by atoms with E-state index in [9.17, 15) is 0 Å². The van der Waals surface area contributed by atoms with E-state index in [1.54, 1.807) is 0 Å². The average Bonchev–Trinajstić information content (AvgIpc) is 2.45. The molecule has 1 N–H and O–H groups in total. The fourth-order valence-corrected chi connectivity index (χ4v) is 2.52. The van der Waals surface area contributed by atoms with Crippen molar-refractivity contribution in [2.75, 3.05) is 6.54 Å². The molecule has 0 saturated heterocycles. The van der Waals surface area contributed by atoms with Gasteiger partial charge in [-0.3, -0.25) is 0 Å². The number of rotatable bonds is 12. The Labute approximate surface area is 126 Å². The van der Waals surface area contributed by atoms with Crippen LogP contribution < -0.4 is 5.32 Å². The van der Waals surface area contributed by atoms with E-state index in [1.165, 1.54) is 56.9 Å². The van der Waals surface area contributed by atoms with E-state index in [4.69, 9.17) is 0 Å². The fraction of sp³-hybridized carbons (Fsp3) is 0.684. The maximum atomic E-state index is 3.53. The van der Waals surface area contributed by atoms with Crippen LogP contribution in [-0.2, 0) is 6.54 Å². The van der Waals surface area contributed by atoms with Crippen molar-refractivity contribution in [1.82, 2.24) is 5.32 Å². The molecule has 20 heavy (non-hydrogen) atoms. The number of benzene rings is 1. The highest BCUT2D eigenvalue weighted by Gasteiger charge is 1.95. The topological polar surface area (TPSA) is 12.0 Å². The van der Waals surface area contributed by atoms with Crippen LogP contribution in [0.5, 0.6) is 0 Å². The van der Waals surface area contributed by atoms with Gasteiger partial charge in [-0.2, -0.15) is 0 Å². The van der Waals surface area contributed by atoms with Gasteiger partial charge in [-0.25, -0.2) is 0 Å². The molecule has 1 heteroatoms. The molecule has 1 aromatic carbocycles. The van der Waals surface area contributed by atoms with Gasteiger partial charge in [0, 0.05) is 6.54 Å². The summed E-state index contributed by atoms with van der Waals surface area (Å²) >= 11 is 0. The van der Waals surface area contributed by atoms with Gasteiger partial charge >= 0.3 is 0 Å². The van der Waals surface area contributed by atoms with Crippen molar-refractivity contribution in [2.24, 2.45) is 5.92 Å². The second-order valence-corrected chi connectivity index (χ2v) is 6.32. The van der Waals surface area contributed by atoms with Crippen LogP contribution in [0.25, 0.3) is 0 Å². The molecule has 0 radical (unpaired) electrons. The van der Waals surface area contributed by atoms with Gasteiger partial charge in [0.15, 0.2) is 0 Å². The van der Waals surface area contributed by atoms with Crippen LogP contribution in [0.15, 0.2) is 30.3 Å². The first-order chi connectivity index (χ1) is 9.79. The molecule has 0 saturated carbocycles. The van der Waals surface area contributed by atoms with E-state index < -0.39 is 0 Å². The van der Waals surface area contributed by atoms with Gasteiger partial charge in [0.2, 0.25) is 0 Å². The highest BCUT2D eigenvalue weighted by atomic mass is 14.8. The van der Waals surface area contributed by atoms with Crippen molar-refractivity contribution in [1.29, 1.82) is 0 Å². The first-order valence-corrected chi connectivity index (χ1v) is 8.53. The summed E-state index contributed by atoms with van der Waals surface area (Å²) in [7, 11) is 0. The second-order valence-electron chi connectivity index (χ2n) is 6.32. The van der Waals surface area contributed by atoms with Crippen LogP contribution in [0.1, 0.15) is 70.8 Å². The minimum atomic E-state index is 0.880. The van der Waals surface area contributed by atoms with Crippen molar-refractivity contribution < 1.29 is 0 Å². The summed E-state index contributed by atoms with van der Waals surface area (Å²) in [6, 6.07) is 10.7. The molecule has 0 fully saturated rings. The van der Waals surface area contributed by atoms with E-state index in [0.717, 1.165) is 19.0 Å². The molecule has 0 bridgehead atoms. The lowest BCUT2D eigenvalue weighted by Gasteiger charge is -2.06. The fourth-order valence-electron chi connectivity index (χ4n) is 2.52. The highest BCUT2D eigenvalue weighted by Crippen LogP contribution is 2.11. The summed E-state index contributed by atoms with van der Waals surface area (Å²) in [5, 5.41) is 3.53. The Kier molecular flexibility index (Phi) is 10.3. The van der Waals surface area contributed by atoms with Gasteiger partial charge in [0.25, 0.3) is 0 Å². The van der Waals surface area contributed by atoms with E-state index >= 15 is 0 Å². The molecule has 0 amide bonds. The number of hydrogen-bond acceptors (Lipinski definition) is 1. The Morgan fingerprint density at radius 1 is 0.800 bits per heavy atom. The van der Waals surface area contributed by atoms with Gasteiger partial charge in [-0.15, -0.1) is 0 Å². The number of hydrogen-bond donors (Lipinski definition) is 1. The molecule has 1 aromatic rings. The summed E-state index contributed by atoms with van der Waals surface area (Å²) in [6.45, 7) is 6.81. The van der Waals surface area contributed by atoms with Gasteiger partial charge in [-0.05, 0) is 24.4 Å². The molecule has 1 nitrogen and oxygen atoms in total. The molecule has 0 aromatic heterocycles. The maximum Gasteiger partial charge on any atom is 0.0205 e. The first kappa shape index (κ1) is 17.2. The second kappa shape index (κ2) is 12.0. The third-order valence-corrected chi connectivity index (χ3v) is 3.81. The van der Waals surface area contributed by atoms with Gasteiger partial charge in [0.1, 0.15) is 0 Å². The predicted octanol–water partition coefficient (Wildman–Crippen LogP) is 5.55. The molecule has 0 aliphatic rings. The minimum absolute atomic E-state index is 0.880. The Hall–Kier alpha value is -0.820. The largest absolute Gasteiger partial charge is 0.313 e. The van der Waals surface area contributed by atoms with E-state index in [1.807, 2.05) is 0 Å². The van der Waals surface area contributed by atoms with Crippen molar-refractivity contribution in [2.45, 2.75) is 71.8 Å². The summed E-state index contributed by atoms with van der Waals surface area (Å²) in [5.74, 6) is 0.880. The van der Waals surface area contributed by atoms with E-state index in [0.29, 0.717) is 0 Å². The lowest BCUT2D eigenvalue weighted by molar-refractivity contribution is 0.506. The highest BCUT2D eigenvalue weighted by molar-refractivity contribution is 5.14. The van der Waals surface area contributed by atoms with Gasteiger partial charge in [-0.1, -0.05) is 89.1 Å². The lowest BCUT2D eigenvalue weighted by Crippen LogP contribution is -2.14. The summed E-state index contributed by atoms with van der Waals surface area (Å²) in [6.07, 6.45) is 11.2. The molecular weight excluding hydrogens is 242 g/mol. The first-order valence-electron chi connectivity index (χ1n) is 8.53. The maximum absolute atomic E-state index is 3.53. The van der Waals surface area contributed by atoms with Crippen LogP contribution in [0, 0.1) is 5.92 Å². The van der Waals surface area contributed by atoms with Crippen molar-refractivity contribution in [3.8, 4) is 0 Å². The van der Waals surface area contributed by atoms with Crippen molar-refractivity contribution in [3.05, 3.63) is 35.9 Å². The quantitative estimate of drug-likeness (QED) is 0.493. The average molecular weight is 275 g/mol. The van der Waals surface area contributed by atoms with Crippen molar-refractivity contribution >= 4 is 0 Å². The summed E-state index contributed by atoms with van der Waals surface area (Å²) in [4.78, 5) is 0. The lowest BCUT2D eigenvalue weighted by atomic mass is 10.0. The molecule has 0 heterocycles. The SMILES string of the molecule is CC(C)CCCCCCCCCNCc1ccccc1. The summed E-state index contributed by atoms with van der Waals surface area (Å²) in [5.41, 5.74) is 1.39. The van der Waals surface area contributed by atoms with Gasteiger partial charge in [0.05, 0.1) is 0 Å². The van der Waals surface area contributed by atoms with Crippen molar-refractivity contribution in [3.63, 3.8) is 0 Å². The number of unbranched alkanes of at least 4 members (excludes halogenated alkanes) is 6. The molecule has 0 unspecified atom stereocenters. The number of nitrogens with one attached hydrogen (secondary N) is 1. The zero-order chi connectivity index (χ0) is 14.5. The Morgan fingerprint density at radius 2 is 1.40 bits per heavy atom. The molecule has 0 aliphatic carbocycles. The van der Waals surface area contributed by atoms with E-state index in [-0.39, 0.29) is 0 Å². The Balaban J connectivity index is 1.79. The molecule has 0 aliphatic heterocycles. The third kappa shape index (κ3) is 10.0. The van der Waals surface area contributed by atoms with Crippen LogP contribution in [0.3, 0.4) is 0 Å². The zero-order valence-corrected chi connectivity index (χ0v) is 13.5. The predicted molar refractivity (Wildman–Crippen MR) is 89.9 cm³/mol. The van der Waals surface area contributed by atoms with Gasteiger partial charge < -0.3 is 5.32 Å². The molecule has 1 rings (SSSR count). The van der Waals surface area contributed by atoms with Crippen LogP contribution >= 0.6 is 0 Å². The van der Waals surface area contributed by atoms with Crippen LogP contribution in [0.4, 0.5) is 0 Å². The van der Waals surface area contributed by atoms with Crippen LogP contribution in [-0.4, -0.2) is 6.54 Å². The molecule has 0 atom stereocenters. The summed E-state index contributed by atoms with van der Waals surface area (Å²) < 4.78 is 0. The molecule has 0 spiro atoms. The molecule has 114 valence electrons. The molecular formula is C19H33N. The zero-order valence-electron chi connectivity index (χ0n) is 13.5.